The molecule has 2 atom stereocenters. The van der Waals surface area contributed by atoms with Crippen LogP contribution in [0, 0.1) is 0 Å². The van der Waals surface area contributed by atoms with Crippen LogP contribution < -0.4 is 16.0 Å². The van der Waals surface area contributed by atoms with Crippen LogP contribution in [0.15, 0.2) is 37.1 Å². The first-order chi connectivity index (χ1) is 18.4. The van der Waals surface area contributed by atoms with Crippen molar-refractivity contribution in [1.29, 1.82) is 0 Å². The number of carbonyl (C=O) groups excluding carboxylic acids is 1. The molecule has 0 bridgehead atoms. The minimum absolute atomic E-state index is 0.107. The zero-order valence-corrected chi connectivity index (χ0v) is 21.2. The standard InChI is InChI=1S/C21H23ClN8O2.C2HF3O2/c1-12(26-20(32)17-18(23)27-30-7-3-5-25-19(17)30)14-8-15(22)16-9-24-11-29(16)21(14)28-6-2-4-13(31)10-28;3-2(4,5)1(6)7/h3,5,7-9,11-13,31H,2,4,6,10H2,1H3,(H2,23,27)(H,26,32);(H,6,7)/t12?,13-;/m0./s1. The van der Waals surface area contributed by atoms with Gasteiger partial charge in [-0.3, -0.25) is 9.20 Å². The van der Waals surface area contributed by atoms with Crippen LogP contribution in [-0.2, 0) is 4.79 Å². The number of anilines is 2. The number of nitrogens with one attached hydrogen (secondary N) is 1. The number of nitrogen functional groups attached to an aromatic ring is 1. The molecule has 0 aliphatic carbocycles. The van der Waals surface area contributed by atoms with Gasteiger partial charge in [0, 0.05) is 31.0 Å². The number of aliphatic hydroxyl groups excluding tert-OH is 1. The van der Waals surface area contributed by atoms with E-state index in [1.807, 2.05) is 17.4 Å². The van der Waals surface area contributed by atoms with E-state index in [2.05, 4.69) is 25.3 Å². The first-order valence-corrected chi connectivity index (χ1v) is 12.0. The van der Waals surface area contributed by atoms with Crippen LogP contribution in [0.25, 0.3) is 11.2 Å². The number of nitrogens with two attached hydrogens (primary N) is 1. The number of carboxylic acid groups (broad SMARTS) is 1. The number of fused-ring (bicyclic) bond motifs is 2. The van der Waals surface area contributed by atoms with Gasteiger partial charge in [-0.05, 0) is 31.9 Å². The van der Waals surface area contributed by atoms with Gasteiger partial charge < -0.3 is 26.2 Å². The second kappa shape index (κ2) is 10.9. The quantitative estimate of drug-likeness (QED) is 0.290. The summed E-state index contributed by atoms with van der Waals surface area (Å²) in [6.07, 6.45) is 2.80. The minimum atomic E-state index is -5.08. The lowest BCUT2D eigenvalue weighted by molar-refractivity contribution is -0.192. The van der Waals surface area contributed by atoms with Crippen LogP contribution in [-0.4, -0.2) is 71.4 Å². The van der Waals surface area contributed by atoms with Crippen LogP contribution in [0.4, 0.5) is 24.8 Å². The third-order valence-electron chi connectivity index (χ3n) is 6.05. The van der Waals surface area contributed by atoms with E-state index < -0.39 is 24.3 Å². The lowest BCUT2D eigenvalue weighted by Crippen LogP contribution is -2.40. The maximum atomic E-state index is 13.2. The molecule has 0 radical (unpaired) electrons. The number of hydrogen-bond donors (Lipinski definition) is 4. The summed E-state index contributed by atoms with van der Waals surface area (Å²) in [6, 6.07) is 3.14. The van der Waals surface area contributed by atoms with Crippen LogP contribution in [0.3, 0.4) is 0 Å². The molecule has 208 valence electrons. The maximum Gasteiger partial charge on any atom is 0.490 e. The van der Waals surface area contributed by atoms with Crippen molar-refractivity contribution in [3.8, 4) is 0 Å². The lowest BCUT2D eigenvalue weighted by Gasteiger charge is -2.35. The number of piperidine rings is 1. The molecule has 5 N–H and O–H groups in total. The summed E-state index contributed by atoms with van der Waals surface area (Å²) < 4.78 is 35.1. The number of amides is 1. The molecular weight excluding hydrogens is 545 g/mol. The van der Waals surface area contributed by atoms with Crippen molar-refractivity contribution in [3.05, 3.63) is 53.2 Å². The molecule has 4 aromatic rings. The molecule has 1 aliphatic heterocycles. The molecule has 1 saturated heterocycles. The van der Waals surface area contributed by atoms with Gasteiger partial charge in [-0.1, -0.05) is 11.6 Å². The zero-order valence-electron chi connectivity index (χ0n) is 20.4. The van der Waals surface area contributed by atoms with E-state index in [9.17, 15) is 23.1 Å². The van der Waals surface area contributed by atoms with Crippen molar-refractivity contribution >= 4 is 46.3 Å². The van der Waals surface area contributed by atoms with Crippen molar-refractivity contribution < 1.29 is 33.0 Å². The molecule has 5 rings (SSSR count). The fourth-order valence-corrected chi connectivity index (χ4v) is 4.58. The van der Waals surface area contributed by atoms with Gasteiger partial charge in [0.15, 0.2) is 11.5 Å². The minimum Gasteiger partial charge on any atom is -0.475 e. The molecule has 1 amide bonds. The number of pyridine rings is 1. The van der Waals surface area contributed by atoms with Gasteiger partial charge in [-0.2, -0.15) is 13.2 Å². The molecule has 0 aromatic carbocycles. The summed E-state index contributed by atoms with van der Waals surface area (Å²) in [5.74, 6) is -2.18. The smallest absolute Gasteiger partial charge is 0.475 e. The second-order valence-electron chi connectivity index (χ2n) is 8.81. The summed E-state index contributed by atoms with van der Waals surface area (Å²) >= 11 is 6.54. The fourth-order valence-electron chi connectivity index (χ4n) is 4.32. The highest BCUT2D eigenvalue weighted by molar-refractivity contribution is 6.34. The lowest BCUT2D eigenvalue weighted by atomic mass is 10.0. The largest absolute Gasteiger partial charge is 0.490 e. The van der Waals surface area contributed by atoms with Crippen LogP contribution in [0.2, 0.25) is 5.02 Å². The molecule has 0 saturated carbocycles. The van der Waals surface area contributed by atoms with Gasteiger partial charge in [0.05, 0.1) is 28.9 Å². The predicted molar refractivity (Wildman–Crippen MR) is 135 cm³/mol. The summed E-state index contributed by atoms with van der Waals surface area (Å²) in [7, 11) is 0. The Labute approximate surface area is 223 Å². The Bertz CT molecular complexity index is 1520. The van der Waals surface area contributed by atoms with Gasteiger partial charge in [0.1, 0.15) is 17.7 Å². The number of imidazole rings is 1. The zero-order chi connectivity index (χ0) is 28.5. The van der Waals surface area contributed by atoms with Crippen LogP contribution in [0.5, 0.6) is 0 Å². The van der Waals surface area contributed by atoms with Crippen molar-refractivity contribution in [2.75, 3.05) is 23.7 Å². The monoisotopic (exact) mass is 568 g/mol. The van der Waals surface area contributed by atoms with Gasteiger partial charge in [-0.25, -0.2) is 19.3 Å². The molecule has 1 unspecified atom stereocenters. The Morgan fingerprint density at radius 1 is 1.33 bits per heavy atom. The van der Waals surface area contributed by atoms with E-state index >= 15 is 0 Å². The van der Waals surface area contributed by atoms with E-state index in [0.717, 1.165) is 36.3 Å². The van der Waals surface area contributed by atoms with Crippen LogP contribution in [0.1, 0.15) is 41.7 Å². The van der Waals surface area contributed by atoms with Crippen molar-refractivity contribution in [1.82, 2.24) is 29.3 Å². The normalized spacial score (nSPS) is 16.6. The van der Waals surface area contributed by atoms with Crippen molar-refractivity contribution in [2.45, 2.75) is 38.1 Å². The van der Waals surface area contributed by atoms with E-state index in [-0.39, 0.29) is 17.3 Å². The van der Waals surface area contributed by atoms with Gasteiger partial charge >= 0.3 is 12.1 Å². The number of alkyl halides is 3. The Morgan fingerprint density at radius 3 is 2.72 bits per heavy atom. The van der Waals surface area contributed by atoms with Gasteiger partial charge in [0.2, 0.25) is 0 Å². The summed E-state index contributed by atoms with van der Waals surface area (Å²) in [4.78, 5) is 32.7. The fraction of sp³-hybridized carbons (Fsp3) is 0.348. The number of halogens is 4. The van der Waals surface area contributed by atoms with Crippen molar-refractivity contribution in [3.63, 3.8) is 0 Å². The number of aromatic nitrogens is 5. The molecule has 16 heteroatoms. The molecule has 1 fully saturated rings. The first-order valence-electron chi connectivity index (χ1n) is 11.7. The number of carbonyl (C=O) groups is 2. The van der Waals surface area contributed by atoms with E-state index in [0.29, 0.717) is 17.2 Å². The number of aliphatic hydroxyl groups is 1. The van der Waals surface area contributed by atoms with Gasteiger partial charge in [0.25, 0.3) is 5.91 Å². The molecule has 1 aliphatic rings. The summed E-state index contributed by atoms with van der Waals surface area (Å²) in [6.45, 7) is 3.16. The molecule has 4 aromatic heterocycles. The second-order valence-corrected chi connectivity index (χ2v) is 9.22. The number of β-amino-alcohol motifs (C(OH)–C–C–N with tert-alkyl or cyclic N) is 1. The SMILES string of the molecule is CC(NC(=O)c1c(N)nn2cccnc12)c1cc(Cl)c2cncn2c1N1CCC[C@H](O)C1.O=C(O)C(F)(F)F. The van der Waals surface area contributed by atoms with Crippen molar-refractivity contribution in [2.24, 2.45) is 0 Å². The Kier molecular flexibility index (Phi) is 7.83. The Hall–Kier alpha value is -4.11. The molecular formula is C23H24ClF3N8O4. The summed E-state index contributed by atoms with van der Waals surface area (Å²) in [5, 5.41) is 25.1. The first kappa shape index (κ1) is 27.9. The topological polar surface area (TPSA) is 163 Å². The number of hydrogen-bond acceptors (Lipinski definition) is 8. The summed E-state index contributed by atoms with van der Waals surface area (Å²) in [5.41, 5.74) is 8.20. The third-order valence-corrected chi connectivity index (χ3v) is 6.36. The number of rotatable bonds is 4. The van der Waals surface area contributed by atoms with E-state index in [1.165, 1.54) is 4.52 Å². The Balaban J connectivity index is 0.000000448. The molecule has 12 nitrogen and oxygen atoms in total. The average Bonchev–Trinajstić information content (AvgIpc) is 3.48. The average molecular weight is 569 g/mol. The highest BCUT2D eigenvalue weighted by atomic mass is 35.5. The molecule has 5 heterocycles. The molecule has 39 heavy (non-hydrogen) atoms. The Morgan fingerprint density at radius 2 is 2.05 bits per heavy atom. The van der Waals surface area contributed by atoms with E-state index in [4.69, 9.17) is 27.2 Å². The number of aliphatic carboxylic acids is 1. The van der Waals surface area contributed by atoms with Gasteiger partial charge in [-0.15, -0.1) is 5.10 Å². The van der Waals surface area contributed by atoms with E-state index in [1.54, 1.807) is 31.0 Å². The maximum absolute atomic E-state index is 13.2. The highest BCUT2D eigenvalue weighted by Gasteiger charge is 2.38. The highest BCUT2D eigenvalue weighted by Crippen LogP contribution is 2.34. The molecule has 0 spiro atoms. The third kappa shape index (κ3) is 5.83. The number of nitrogens with zero attached hydrogens (tertiary/aromatic N) is 6. The van der Waals surface area contributed by atoms with Crippen LogP contribution >= 0.6 is 11.6 Å². The predicted octanol–water partition coefficient (Wildman–Crippen LogP) is 2.70. The number of carboxylic acids is 1.